The third-order valence-electron chi connectivity index (χ3n) is 5.68. The second-order valence-electron chi connectivity index (χ2n) is 8.40. The van der Waals surface area contributed by atoms with Gasteiger partial charge in [0, 0.05) is 12.2 Å². The van der Waals surface area contributed by atoms with Crippen LogP contribution in [-0.2, 0) is 20.9 Å². The summed E-state index contributed by atoms with van der Waals surface area (Å²) in [5.41, 5.74) is 3.93. The summed E-state index contributed by atoms with van der Waals surface area (Å²) in [6.45, 7) is 2.13. The second kappa shape index (κ2) is 10.1. The van der Waals surface area contributed by atoms with Crippen LogP contribution >= 0.6 is 11.3 Å². The Morgan fingerprint density at radius 3 is 2.91 bits per heavy atom. The lowest BCUT2D eigenvalue weighted by molar-refractivity contribution is 0.104. The Hall–Kier alpha value is -2.66. The third-order valence-corrected chi connectivity index (χ3v) is 7.12. The average molecular weight is 487 g/mol. The van der Waals surface area contributed by atoms with Crippen molar-refractivity contribution >= 4 is 33.2 Å². The standard InChI is InChI=1S/C23H26N4O4S2/c1-15-3-2-4-16(7-15)8-18-10-21(32-13-18)22(28)20-11-25-14-26-23(20)27-19-6-5-17(9-19)12-31-33(24,29)30/h2-4,7,10-11,13-14,17,19H,5-6,8-9,12H2,1H3,(H2,24,29,30)(H,25,26,27)/t17?,19-/m0/s1. The van der Waals surface area contributed by atoms with Gasteiger partial charge < -0.3 is 5.32 Å². The van der Waals surface area contributed by atoms with Gasteiger partial charge in [0.25, 0.3) is 0 Å². The van der Waals surface area contributed by atoms with Crippen LogP contribution in [0.15, 0.2) is 48.2 Å². The van der Waals surface area contributed by atoms with Crippen LogP contribution in [0, 0.1) is 12.8 Å². The van der Waals surface area contributed by atoms with E-state index < -0.39 is 10.3 Å². The molecule has 0 amide bonds. The van der Waals surface area contributed by atoms with Crippen LogP contribution in [0.25, 0.3) is 0 Å². The Labute approximate surface area is 197 Å². The molecule has 1 fully saturated rings. The van der Waals surface area contributed by atoms with Crippen molar-refractivity contribution in [1.29, 1.82) is 0 Å². The molecule has 174 valence electrons. The summed E-state index contributed by atoms with van der Waals surface area (Å²) in [7, 11) is -3.94. The van der Waals surface area contributed by atoms with Crippen LogP contribution in [0.5, 0.6) is 0 Å². The van der Waals surface area contributed by atoms with Gasteiger partial charge in [-0.25, -0.2) is 15.1 Å². The average Bonchev–Trinajstić information content (AvgIpc) is 3.41. The first kappa shape index (κ1) is 23.5. The van der Waals surface area contributed by atoms with E-state index in [9.17, 15) is 13.2 Å². The van der Waals surface area contributed by atoms with Crippen molar-refractivity contribution in [3.63, 3.8) is 0 Å². The SMILES string of the molecule is Cc1cccc(Cc2csc(C(=O)c3cncnc3N[C@H]3CCC(COS(N)(=O)=O)C3)c2)c1. The minimum absolute atomic E-state index is 0.0562. The van der Waals surface area contributed by atoms with Gasteiger partial charge in [-0.3, -0.25) is 8.98 Å². The van der Waals surface area contributed by atoms with Crippen molar-refractivity contribution in [2.45, 2.75) is 38.6 Å². The van der Waals surface area contributed by atoms with Crippen LogP contribution in [0.1, 0.15) is 51.2 Å². The van der Waals surface area contributed by atoms with Crippen LogP contribution in [0.3, 0.4) is 0 Å². The maximum atomic E-state index is 13.2. The van der Waals surface area contributed by atoms with Gasteiger partial charge in [0.1, 0.15) is 12.1 Å². The smallest absolute Gasteiger partial charge is 0.333 e. The number of hydrogen-bond acceptors (Lipinski definition) is 8. The summed E-state index contributed by atoms with van der Waals surface area (Å²) in [5, 5.41) is 10.3. The van der Waals surface area contributed by atoms with E-state index in [0.717, 1.165) is 24.8 Å². The minimum atomic E-state index is -3.94. The number of nitrogens with zero attached hydrogens (tertiary/aromatic N) is 2. The van der Waals surface area contributed by atoms with E-state index in [1.165, 1.54) is 35.0 Å². The van der Waals surface area contributed by atoms with Crippen molar-refractivity contribution < 1.29 is 17.4 Å². The fourth-order valence-electron chi connectivity index (χ4n) is 4.13. The van der Waals surface area contributed by atoms with E-state index >= 15 is 0 Å². The Kier molecular flexibility index (Phi) is 7.18. The van der Waals surface area contributed by atoms with Crippen LogP contribution < -0.4 is 10.5 Å². The zero-order valence-corrected chi connectivity index (χ0v) is 19.9. The van der Waals surface area contributed by atoms with E-state index in [1.807, 2.05) is 17.5 Å². The maximum Gasteiger partial charge on any atom is 0.333 e. The Bertz CT molecular complexity index is 1240. The van der Waals surface area contributed by atoms with Crippen molar-refractivity contribution in [3.8, 4) is 0 Å². The molecule has 0 bridgehead atoms. The molecule has 0 radical (unpaired) electrons. The van der Waals surface area contributed by atoms with Crippen molar-refractivity contribution in [1.82, 2.24) is 9.97 Å². The fourth-order valence-corrected chi connectivity index (χ4v) is 5.38. The monoisotopic (exact) mass is 486 g/mol. The molecule has 3 N–H and O–H groups in total. The molecular weight excluding hydrogens is 460 g/mol. The van der Waals surface area contributed by atoms with E-state index in [0.29, 0.717) is 22.7 Å². The molecule has 1 aromatic carbocycles. The van der Waals surface area contributed by atoms with Crippen LogP contribution in [0.2, 0.25) is 0 Å². The van der Waals surface area contributed by atoms with Gasteiger partial charge in [0.15, 0.2) is 0 Å². The quantitative estimate of drug-likeness (QED) is 0.444. The number of anilines is 1. The predicted molar refractivity (Wildman–Crippen MR) is 128 cm³/mol. The fraction of sp³-hybridized carbons (Fsp3) is 0.348. The third kappa shape index (κ3) is 6.44. The molecule has 8 nitrogen and oxygen atoms in total. The molecule has 0 spiro atoms. The Morgan fingerprint density at radius 1 is 1.27 bits per heavy atom. The van der Waals surface area contributed by atoms with Crippen molar-refractivity contribution in [2.24, 2.45) is 11.1 Å². The highest BCUT2D eigenvalue weighted by molar-refractivity contribution is 7.84. The minimum Gasteiger partial charge on any atom is -0.367 e. The molecule has 10 heteroatoms. The first-order valence-corrected chi connectivity index (χ1v) is 13.0. The first-order valence-electron chi connectivity index (χ1n) is 10.7. The van der Waals surface area contributed by atoms with Gasteiger partial charge in [0.2, 0.25) is 5.78 Å². The Morgan fingerprint density at radius 2 is 2.12 bits per heavy atom. The van der Waals surface area contributed by atoms with Crippen LogP contribution in [0.4, 0.5) is 5.82 Å². The summed E-state index contributed by atoms with van der Waals surface area (Å²) >= 11 is 1.42. The van der Waals surface area contributed by atoms with Gasteiger partial charge in [-0.2, -0.15) is 8.42 Å². The van der Waals surface area contributed by atoms with Crippen molar-refractivity contribution in [2.75, 3.05) is 11.9 Å². The topological polar surface area (TPSA) is 124 Å². The number of aryl methyl sites for hydroxylation is 1. The molecule has 33 heavy (non-hydrogen) atoms. The lowest BCUT2D eigenvalue weighted by Crippen LogP contribution is -2.22. The first-order chi connectivity index (χ1) is 15.8. The molecule has 0 aliphatic heterocycles. The number of carbonyl (C=O) groups excluding carboxylic acids is 1. The summed E-state index contributed by atoms with van der Waals surface area (Å²) in [4.78, 5) is 22.2. The van der Waals surface area contributed by atoms with E-state index in [-0.39, 0.29) is 24.3 Å². The number of nitrogens with two attached hydrogens (primary N) is 1. The number of thiophene rings is 1. The number of benzene rings is 1. The molecule has 1 aliphatic carbocycles. The summed E-state index contributed by atoms with van der Waals surface area (Å²) in [6.07, 6.45) is 6.03. The van der Waals surface area contributed by atoms with E-state index in [4.69, 9.17) is 9.32 Å². The molecule has 1 unspecified atom stereocenters. The number of nitrogens with one attached hydrogen (secondary N) is 1. The van der Waals surface area contributed by atoms with E-state index in [1.54, 1.807) is 0 Å². The van der Waals surface area contributed by atoms with Gasteiger partial charge in [-0.1, -0.05) is 29.8 Å². The summed E-state index contributed by atoms with van der Waals surface area (Å²) in [5.74, 6) is 0.440. The van der Waals surface area contributed by atoms with Gasteiger partial charge in [-0.05, 0) is 61.1 Å². The van der Waals surface area contributed by atoms with Gasteiger partial charge >= 0.3 is 10.3 Å². The predicted octanol–water partition coefficient (Wildman–Crippen LogP) is 3.47. The molecule has 1 saturated carbocycles. The van der Waals surface area contributed by atoms with Crippen molar-refractivity contribution in [3.05, 3.63) is 75.4 Å². The van der Waals surface area contributed by atoms with Gasteiger partial charge in [-0.15, -0.1) is 11.3 Å². The molecule has 2 aromatic heterocycles. The van der Waals surface area contributed by atoms with Gasteiger partial charge in [0.05, 0.1) is 17.0 Å². The molecule has 1 aliphatic rings. The Balaban J connectivity index is 1.42. The molecular formula is C23H26N4O4S2. The highest BCUT2D eigenvalue weighted by Gasteiger charge is 2.27. The molecule has 4 rings (SSSR count). The largest absolute Gasteiger partial charge is 0.367 e. The van der Waals surface area contributed by atoms with Crippen LogP contribution in [-0.4, -0.2) is 36.8 Å². The number of aromatic nitrogens is 2. The second-order valence-corrected chi connectivity index (χ2v) is 10.5. The molecule has 2 atom stereocenters. The zero-order chi connectivity index (χ0) is 23.4. The lowest BCUT2D eigenvalue weighted by atomic mass is 10.0. The zero-order valence-electron chi connectivity index (χ0n) is 18.2. The summed E-state index contributed by atoms with van der Waals surface area (Å²) in [6, 6.07) is 10.3. The normalized spacial score (nSPS) is 18.4. The highest BCUT2D eigenvalue weighted by Crippen LogP contribution is 2.30. The molecule has 2 heterocycles. The number of carbonyl (C=O) groups is 1. The lowest BCUT2D eigenvalue weighted by Gasteiger charge is -2.15. The molecule has 0 saturated heterocycles. The number of hydrogen-bond donors (Lipinski definition) is 2. The van der Waals surface area contributed by atoms with E-state index in [2.05, 4.69) is 40.4 Å². The number of ketones is 1. The molecule has 3 aromatic rings. The summed E-state index contributed by atoms with van der Waals surface area (Å²) < 4.78 is 26.8. The number of rotatable bonds is 9. The highest BCUT2D eigenvalue weighted by atomic mass is 32.2. The maximum absolute atomic E-state index is 13.2.